The number of halogens is 4. The van der Waals surface area contributed by atoms with Gasteiger partial charge in [0.15, 0.2) is 5.78 Å². The molecule has 0 saturated carbocycles. The molecular formula is C25H23ClF3N5O3. The van der Waals surface area contributed by atoms with Gasteiger partial charge in [-0.1, -0.05) is 23.7 Å². The number of nitrogen functional groups attached to an aromatic ring is 1. The zero-order valence-electron chi connectivity index (χ0n) is 19.4. The fourth-order valence-corrected chi connectivity index (χ4v) is 4.27. The van der Waals surface area contributed by atoms with Crippen molar-refractivity contribution in [2.75, 3.05) is 24.3 Å². The lowest BCUT2D eigenvalue weighted by molar-refractivity contribution is -0.137. The number of pyridine rings is 2. The predicted octanol–water partition coefficient (Wildman–Crippen LogP) is 4.77. The van der Waals surface area contributed by atoms with Crippen LogP contribution >= 0.6 is 11.6 Å². The van der Waals surface area contributed by atoms with Gasteiger partial charge in [-0.25, -0.2) is 0 Å². The fraction of sp³-hybridized carbons (Fsp3) is 0.280. The third kappa shape index (κ3) is 6.17. The number of nitrogens with two attached hydrogens (primary N) is 1. The van der Waals surface area contributed by atoms with Crippen LogP contribution in [0.4, 0.5) is 30.2 Å². The maximum Gasteiger partial charge on any atom is 0.418 e. The van der Waals surface area contributed by atoms with Crippen LogP contribution in [0.15, 0.2) is 55.0 Å². The molecule has 1 saturated heterocycles. The van der Waals surface area contributed by atoms with Gasteiger partial charge in [0, 0.05) is 31.0 Å². The molecule has 1 aliphatic rings. The molecule has 1 aromatic carbocycles. The number of hydrogen-bond donors (Lipinski definition) is 3. The van der Waals surface area contributed by atoms with Gasteiger partial charge in [-0.2, -0.15) is 13.2 Å². The van der Waals surface area contributed by atoms with Crippen LogP contribution in [0.3, 0.4) is 0 Å². The first-order chi connectivity index (χ1) is 17.6. The maximum absolute atomic E-state index is 13.3. The number of ketones is 1. The molecule has 0 bridgehead atoms. The van der Waals surface area contributed by atoms with Crippen LogP contribution in [0.2, 0.25) is 5.02 Å². The summed E-state index contributed by atoms with van der Waals surface area (Å²) in [5.74, 6) is -0.680. The smallest absolute Gasteiger partial charge is 0.397 e. The number of Topliss-reactive ketones (excluding diaryl/α,β-unsaturated/α-hetero) is 1. The molecule has 1 amide bonds. The zero-order valence-corrected chi connectivity index (χ0v) is 20.2. The Balaban J connectivity index is 1.43. The average Bonchev–Trinajstić information content (AvgIpc) is 3.33. The quantitative estimate of drug-likeness (QED) is 0.357. The molecule has 12 heteroatoms. The summed E-state index contributed by atoms with van der Waals surface area (Å²) in [6.45, 7) is 0.352. The van der Waals surface area contributed by atoms with E-state index in [2.05, 4.69) is 20.6 Å². The van der Waals surface area contributed by atoms with Crippen molar-refractivity contribution in [1.29, 1.82) is 0 Å². The summed E-state index contributed by atoms with van der Waals surface area (Å²) >= 11 is 6.31. The van der Waals surface area contributed by atoms with Crippen molar-refractivity contribution in [3.05, 3.63) is 76.8 Å². The van der Waals surface area contributed by atoms with Gasteiger partial charge < -0.3 is 21.1 Å². The number of ether oxygens (including phenoxy) is 1. The Bertz CT molecular complexity index is 1310. The number of aromatic nitrogens is 2. The molecule has 37 heavy (non-hydrogen) atoms. The van der Waals surface area contributed by atoms with E-state index >= 15 is 0 Å². The van der Waals surface area contributed by atoms with Crippen LogP contribution in [-0.4, -0.2) is 34.9 Å². The van der Waals surface area contributed by atoms with Crippen LogP contribution in [0.1, 0.15) is 34.5 Å². The Hall–Kier alpha value is -3.70. The number of para-hydroxylation sites is 1. The Labute approximate surface area is 215 Å². The second-order valence-corrected chi connectivity index (χ2v) is 9.10. The van der Waals surface area contributed by atoms with Gasteiger partial charge in [0.1, 0.15) is 0 Å². The van der Waals surface area contributed by atoms with Crippen LogP contribution < -0.4 is 16.4 Å². The predicted molar refractivity (Wildman–Crippen MR) is 131 cm³/mol. The summed E-state index contributed by atoms with van der Waals surface area (Å²) < 4.78 is 45.2. The molecule has 0 radical (unpaired) electrons. The molecule has 0 spiro atoms. The van der Waals surface area contributed by atoms with E-state index in [1.165, 1.54) is 48.9 Å². The molecule has 3 aromatic rings. The second-order valence-electron chi connectivity index (χ2n) is 8.69. The number of hydrogen-bond acceptors (Lipinski definition) is 7. The number of benzene rings is 1. The highest BCUT2D eigenvalue weighted by atomic mass is 35.5. The summed E-state index contributed by atoms with van der Waals surface area (Å²) in [5.41, 5.74) is 4.88. The van der Waals surface area contributed by atoms with E-state index in [1.54, 1.807) is 0 Å². The summed E-state index contributed by atoms with van der Waals surface area (Å²) in [6.07, 6.45) is -0.131. The van der Waals surface area contributed by atoms with E-state index in [1.807, 2.05) is 0 Å². The number of rotatable bonds is 8. The number of anilines is 3. The van der Waals surface area contributed by atoms with Gasteiger partial charge in [-0.05, 0) is 30.7 Å². The van der Waals surface area contributed by atoms with Crippen molar-refractivity contribution >= 4 is 40.4 Å². The van der Waals surface area contributed by atoms with Crippen molar-refractivity contribution in [1.82, 2.24) is 15.3 Å². The van der Waals surface area contributed by atoms with Crippen LogP contribution in [0.5, 0.6) is 0 Å². The summed E-state index contributed by atoms with van der Waals surface area (Å²) in [5, 5.41) is 5.59. The van der Waals surface area contributed by atoms with E-state index in [0.29, 0.717) is 30.0 Å². The maximum atomic E-state index is 13.3. The topological polar surface area (TPSA) is 119 Å². The molecule has 2 aromatic heterocycles. The standard InChI is InChI=1S/C25H23ClF3N5O3/c26-19-8-17(34-20-4-2-1-3-18(20)25(27,28)29)12-32-21(19)13-33-23(36)24(5-6-37-14-24)9-22(35)15-7-16(30)11-31-10-15/h1-4,7-8,10-12,34H,5-6,9,13-14,30H2,(H,33,36)/t24-/m0/s1. The van der Waals surface area contributed by atoms with Gasteiger partial charge in [0.25, 0.3) is 0 Å². The first-order valence-electron chi connectivity index (χ1n) is 11.2. The van der Waals surface area contributed by atoms with Gasteiger partial charge in [-0.3, -0.25) is 19.6 Å². The van der Waals surface area contributed by atoms with E-state index in [0.717, 1.165) is 6.07 Å². The third-order valence-corrected chi connectivity index (χ3v) is 6.34. The first kappa shape index (κ1) is 26.4. The molecule has 4 N–H and O–H groups in total. The second kappa shape index (κ2) is 10.7. The number of nitrogens with one attached hydrogen (secondary N) is 2. The number of carbonyl (C=O) groups excluding carboxylic acids is 2. The van der Waals surface area contributed by atoms with Crippen LogP contribution in [-0.2, 0) is 22.3 Å². The van der Waals surface area contributed by atoms with Gasteiger partial charge in [0.05, 0.1) is 58.1 Å². The Morgan fingerprint density at radius 1 is 1.16 bits per heavy atom. The fourth-order valence-electron chi connectivity index (χ4n) is 4.04. The van der Waals surface area contributed by atoms with E-state index < -0.39 is 23.1 Å². The molecule has 1 atom stereocenters. The number of amides is 1. The van der Waals surface area contributed by atoms with Crippen molar-refractivity contribution in [3.8, 4) is 0 Å². The van der Waals surface area contributed by atoms with Crippen molar-refractivity contribution in [3.63, 3.8) is 0 Å². The van der Waals surface area contributed by atoms with Crippen LogP contribution in [0, 0.1) is 5.41 Å². The Morgan fingerprint density at radius 3 is 2.62 bits per heavy atom. The molecule has 1 aliphatic heterocycles. The molecule has 4 rings (SSSR count). The molecule has 0 unspecified atom stereocenters. The van der Waals surface area contributed by atoms with E-state index in [4.69, 9.17) is 22.1 Å². The highest BCUT2D eigenvalue weighted by Crippen LogP contribution is 2.37. The van der Waals surface area contributed by atoms with E-state index in [9.17, 15) is 22.8 Å². The lowest BCUT2D eigenvalue weighted by Crippen LogP contribution is -2.43. The minimum Gasteiger partial charge on any atom is -0.397 e. The lowest BCUT2D eigenvalue weighted by atomic mass is 9.80. The highest BCUT2D eigenvalue weighted by Gasteiger charge is 2.44. The van der Waals surface area contributed by atoms with Crippen molar-refractivity contribution in [2.24, 2.45) is 5.41 Å². The SMILES string of the molecule is Nc1cncc(C(=O)C[C@@]2(C(=O)NCc3ncc(Nc4ccccc4C(F)(F)F)cc3Cl)CCOC2)c1. The molecule has 8 nitrogen and oxygen atoms in total. The van der Waals surface area contributed by atoms with Gasteiger partial charge >= 0.3 is 6.18 Å². The minimum atomic E-state index is -4.53. The zero-order chi connectivity index (χ0) is 26.6. The van der Waals surface area contributed by atoms with E-state index in [-0.39, 0.29) is 41.8 Å². The number of alkyl halides is 3. The number of carbonyl (C=O) groups is 2. The normalized spacial score (nSPS) is 17.4. The molecule has 1 fully saturated rings. The number of nitrogens with zero attached hydrogens (tertiary/aromatic N) is 2. The monoisotopic (exact) mass is 533 g/mol. The molecule has 0 aliphatic carbocycles. The van der Waals surface area contributed by atoms with Gasteiger partial charge in [-0.15, -0.1) is 0 Å². The van der Waals surface area contributed by atoms with Crippen molar-refractivity contribution < 1.29 is 27.5 Å². The summed E-state index contributed by atoms with van der Waals surface area (Å²) in [6, 6.07) is 7.98. The van der Waals surface area contributed by atoms with Crippen LogP contribution in [0.25, 0.3) is 0 Å². The minimum absolute atomic E-state index is 0.0487. The first-order valence-corrected chi connectivity index (χ1v) is 11.6. The van der Waals surface area contributed by atoms with Gasteiger partial charge in [0.2, 0.25) is 5.91 Å². The highest BCUT2D eigenvalue weighted by molar-refractivity contribution is 6.31. The molecule has 3 heterocycles. The summed E-state index contributed by atoms with van der Waals surface area (Å²) in [4.78, 5) is 34.1. The molecule has 194 valence electrons. The Morgan fingerprint density at radius 2 is 1.95 bits per heavy atom. The lowest BCUT2D eigenvalue weighted by Gasteiger charge is -2.25. The van der Waals surface area contributed by atoms with Crippen molar-refractivity contribution in [2.45, 2.75) is 25.6 Å². The largest absolute Gasteiger partial charge is 0.418 e. The average molecular weight is 534 g/mol. The third-order valence-electron chi connectivity index (χ3n) is 6.01. The Kier molecular flexibility index (Phi) is 7.65. The molecular weight excluding hydrogens is 511 g/mol. The summed E-state index contributed by atoms with van der Waals surface area (Å²) in [7, 11) is 0.